The number of aromatic hydroxyl groups is 2. The van der Waals surface area contributed by atoms with Crippen molar-refractivity contribution >= 4 is 28.2 Å². The van der Waals surface area contributed by atoms with Crippen molar-refractivity contribution in [2.24, 2.45) is 5.11 Å². The summed E-state index contributed by atoms with van der Waals surface area (Å²) in [6, 6.07) is 25.7. The van der Waals surface area contributed by atoms with Crippen molar-refractivity contribution in [1.82, 2.24) is 4.57 Å². The summed E-state index contributed by atoms with van der Waals surface area (Å²) >= 11 is 0. The van der Waals surface area contributed by atoms with Crippen LogP contribution in [0.25, 0.3) is 27.7 Å². The van der Waals surface area contributed by atoms with Gasteiger partial charge in [-0.1, -0.05) is 67.9 Å². The highest BCUT2D eigenvalue weighted by Crippen LogP contribution is 2.43. The van der Waals surface area contributed by atoms with E-state index in [9.17, 15) is 20.2 Å². The number of hydrogen-bond donors (Lipinski definition) is 3. The number of rotatable bonds is 7. The van der Waals surface area contributed by atoms with Gasteiger partial charge in [0.05, 0.1) is 11.1 Å². The molecule has 8 nitrogen and oxygen atoms in total. The van der Waals surface area contributed by atoms with E-state index < -0.39 is 5.97 Å². The average Bonchev–Trinajstić information content (AvgIpc) is 3.20. The van der Waals surface area contributed by atoms with Crippen LogP contribution in [0, 0.1) is 5.21 Å². The Hall–Kier alpha value is -5.11. The van der Waals surface area contributed by atoms with E-state index in [2.05, 4.69) is 12.0 Å². The van der Waals surface area contributed by atoms with E-state index in [4.69, 9.17) is 5.11 Å². The van der Waals surface area contributed by atoms with Gasteiger partial charge in [0.15, 0.2) is 5.75 Å². The number of hydrogen-bond acceptors (Lipinski definition) is 5. The first-order chi connectivity index (χ1) is 18.4. The molecule has 38 heavy (non-hydrogen) atoms. The predicted octanol–water partition coefficient (Wildman–Crippen LogP) is 7.29. The Morgan fingerprint density at radius 3 is 2.32 bits per heavy atom. The van der Waals surface area contributed by atoms with Crippen LogP contribution in [0.1, 0.15) is 29.3 Å². The second-order valence-electron chi connectivity index (χ2n) is 8.87. The number of aryl methyl sites for hydroxylation is 1. The molecule has 0 bridgehead atoms. The Morgan fingerprint density at radius 2 is 1.63 bits per heavy atom. The maximum Gasteiger partial charge on any atom is 0.335 e. The molecule has 3 N–H and O–H groups in total. The van der Waals surface area contributed by atoms with Crippen molar-refractivity contribution < 1.29 is 25.0 Å². The van der Waals surface area contributed by atoms with Gasteiger partial charge in [-0.15, -0.1) is 0 Å². The standard InChI is InChI=1S/C30H25N3O5/c1-2-6-19-11-17-22(18-12-19)32-25-9-4-3-7-24(25)27(29(32)35)31-33(38)26-10-5-8-23(28(26)34)20-13-15-21(16-14-20)30(36)37/h3-5,7-18,34-35H,2,6H2,1H3,(H,36,37). The molecule has 0 aliphatic carbocycles. The lowest BCUT2D eigenvalue weighted by molar-refractivity contribution is -0.436. The molecule has 0 fully saturated rings. The molecule has 0 spiro atoms. The summed E-state index contributed by atoms with van der Waals surface area (Å²) in [4.78, 5) is 11.4. The van der Waals surface area contributed by atoms with Crippen LogP contribution in [0.15, 0.2) is 96.1 Å². The summed E-state index contributed by atoms with van der Waals surface area (Å²) in [7, 11) is 0. The molecule has 1 heterocycles. The number of para-hydroxylation sites is 2. The van der Waals surface area contributed by atoms with Crippen LogP contribution >= 0.6 is 0 Å². The minimum absolute atomic E-state index is 0.0730. The van der Waals surface area contributed by atoms with Gasteiger partial charge in [-0.05, 0) is 52.7 Å². The average molecular weight is 508 g/mol. The number of carboxylic acids is 1. The molecule has 5 rings (SSSR count). The van der Waals surface area contributed by atoms with E-state index in [1.807, 2.05) is 36.4 Å². The van der Waals surface area contributed by atoms with E-state index in [-0.39, 0.29) is 33.4 Å². The van der Waals surface area contributed by atoms with Gasteiger partial charge in [0.25, 0.3) is 5.69 Å². The number of azo groups is 1. The number of aromatic carboxylic acids is 1. The second kappa shape index (κ2) is 10.1. The minimum Gasteiger partial charge on any atom is -0.594 e. The van der Waals surface area contributed by atoms with Crippen molar-refractivity contribution in [2.45, 2.75) is 19.8 Å². The minimum atomic E-state index is -1.06. The van der Waals surface area contributed by atoms with E-state index in [0.717, 1.165) is 18.5 Å². The highest BCUT2D eigenvalue weighted by Gasteiger charge is 2.23. The molecular weight excluding hydrogens is 482 g/mol. The molecule has 0 amide bonds. The molecule has 0 atom stereocenters. The highest BCUT2D eigenvalue weighted by atomic mass is 16.5. The fourth-order valence-electron chi connectivity index (χ4n) is 4.53. The molecular formula is C30H25N3O5. The number of aromatic nitrogens is 1. The summed E-state index contributed by atoms with van der Waals surface area (Å²) in [5, 5.41) is 49.2. The molecule has 1 aromatic heterocycles. The lowest BCUT2D eigenvalue weighted by Gasteiger charge is -2.09. The first kappa shape index (κ1) is 24.6. The monoisotopic (exact) mass is 507 g/mol. The van der Waals surface area contributed by atoms with Crippen LogP contribution in [0.4, 0.5) is 11.4 Å². The number of benzene rings is 4. The normalized spacial score (nSPS) is 11.7. The van der Waals surface area contributed by atoms with Crippen LogP contribution in [0.2, 0.25) is 0 Å². The Bertz CT molecular complexity index is 1670. The lowest BCUT2D eigenvalue weighted by Crippen LogP contribution is -1.96. The summed E-state index contributed by atoms with van der Waals surface area (Å²) in [5.41, 5.74) is 3.54. The third-order valence-electron chi connectivity index (χ3n) is 6.41. The fourth-order valence-corrected chi connectivity index (χ4v) is 4.53. The van der Waals surface area contributed by atoms with Crippen molar-refractivity contribution in [3.8, 4) is 28.4 Å². The van der Waals surface area contributed by atoms with Gasteiger partial charge in [-0.25, -0.2) is 4.79 Å². The van der Waals surface area contributed by atoms with Gasteiger partial charge in [0, 0.05) is 27.8 Å². The van der Waals surface area contributed by atoms with Crippen molar-refractivity contribution in [3.63, 3.8) is 0 Å². The Labute approximate surface area is 218 Å². The third-order valence-corrected chi connectivity index (χ3v) is 6.41. The first-order valence-corrected chi connectivity index (χ1v) is 12.2. The van der Waals surface area contributed by atoms with Crippen LogP contribution in [-0.2, 0) is 6.42 Å². The van der Waals surface area contributed by atoms with E-state index in [1.165, 1.54) is 23.8 Å². The predicted molar refractivity (Wildman–Crippen MR) is 145 cm³/mol. The van der Waals surface area contributed by atoms with Gasteiger partial charge < -0.3 is 20.5 Å². The second-order valence-corrected chi connectivity index (χ2v) is 8.87. The summed E-state index contributed by atoms with van der Waals surface area (Å²) in [5.74, 6) is -1.57. The molecule has 0 unspecified atom stereocenters. The molecule has 0 aliphatic heterocycles. The highest BCUT2D eigenvalue weighted by molar-refractivity contribution is 5.96. The zero-order chi connectivity index (χ0) is 26.8. The van der Waals surface area contributed by atoms with E-state index >= 15 is 0 Å². The van der Waals surface area contributed by atoms with Crippen LogP contribution in [-0.4, -0.2) is 30.7 Å². The van der Waals surface area contributed by atoms with Crippen molar-refractivity contribution in [2.75, 3.05) is 0 Å². The summed E-state index contributed by atoms with van der Waals surface area (Å²) < 4.78 is 1.64. The SMILES string of the molecule is CCCc1ccc(-n2c(O)c(N=[N+]([O-])c3cccc(-c4ccc(C(=O)O)cc4)c3O)c3ccccc32)cc1. The molecule has 0 saturated carbocycles. The zero-order valence-electron chi connectivity index (χ0n) is 20.6. The quantitative estimate of drug-likeness (QED) is 0.121. The number of carboxylic acid groups (broad SMARTS) is 1. The largest absolute Gasteiger partial charge is 0.594 e. The Balaban J connectivity index is 1.59. The lowest BCUT2D eigenvalue weighted by atomic mass is 10.0. The Kier molecular flexibility index (Phi) is 6.53. The smallest absolute Gasteiger partial charge is 0.335 e. The molecule has 0 saturated heterocycles. The fraction of sp³-hybridized carbons (Fsp3) is 0.100. The van der Waals surface area contributed by atoms with Crippen LogP contribution in [0.5, 0.6) is 11.6 Å². The van der Waals surface area contributed by atoms with Gasteiger partial charge in [-0.3, -0.25) is 4.57 Å². The van der Waals surface area contributed by atoms with Gasteiger partial charge in [-0.2, -0.15) is 0 Å². The number of nitrogens with zero attached hydrogens (tertiary/aromatic N) is 3. The van der Waals surface area contributed by atoms with Gasteiger partial charge in [0.2, 0.25) is 11.6 Å². The number of phenolic OH excluding ortho intramolecular Hbond substituents is 1. The summed E-state index contributed by atoms with van der Waals surface area (Å²) in [6.07, 6.45) is 1.98. The third kappa shape index (κ3) is 4.43. The van der Waals surface area contributed by atoms with Crippen molar-refractivity contribution in [1.29, 1.82) is 0 Å². The maximum atomic E-state index is 13.2. The molecule has 0 aliphatic rings. The maximum absolute atomic E-state index is 13.2. The van der Waals surface area contributed by atoms with E-state index in [0.29, 0.717) is 22.0 Å². The summed E-state index contributed by atoms with van der Waals surface area (Å²) in [6.45, 7) is 2.12. The number of fused-ring (bicyclic) bond motifs is 1. The van der Waals surface area contributed by atoms with Crippen LogP contribution < -0.4 is 0 Å². The van der Waals surface area contributed by atoms with Gasteiger partial charge in [0.1, 0.15) is 0 Å². The number of carbonyl (C=O) groups is 1. The zero-order valence-corrected chi connectivity index (χ0v) is 20.6. The molecule has 4 aromatic carbocycles. The first-order valence-electron chi connectivity index (χ1n) is 12.2. The van der Waals surface area contributed by atoms with E-state index in [1.54, 1.807) is 41.0 Å². The van der Waals surface area contributed by atoms with Crippen molar-refractivity contribution in [3.05, 3.63) is 107 Å². The molecule has 5 aromatic rings. The van der Waals surface area contributed by atoms with Gasteiger partial charge >= 0.3 is 5.97 Å². The molecule has 0 radical (unpaired) electrons. The van der Waals surface area contributed by atoms with Crippen LogP contribution in [0.3, 0.4) is 0 Å². The number of phenols is 1. The molecule has 8 heteroatoms. The molecule has 190 valence electrons. The Morgan fingerprint density at radius 1 is 0.921 bits per heavy atom. The topological polar surface area (TPSA) is 121 Å².